The van der Waals surface area contributed by atoms with Crippen LogP contribution < -0.4 is 31.5 Å². The minimum absolute atomic E-state index is 0.0497. The molecule has 1 aromatic heterocycles. The number of imide groups is 2. The van der Waals surface area contributed by atoms with Gasteiger partial charge in [-0.1, -0.05) is 0 Å². The molecule has 19 heteroatoms. The second-order valence-corrected chi connectivity index (χ2v) is 19.5. The highest BCUT2D eigenvalue weighted by Crippen LogP contribution is 2.43. The minimum atomic E-state index is -3.38. The van der Waals surface area contributed by atoms with Crippen LogP contribution in [0.15, 0.2) is 53.6 Å². The lowest BCUT2D eigenvalue weighted by atomic mass is 9.88. The molecule has 0 spiro atoms. The number of anilines is 4. The molecule has 326 valence electrons. The largest absolute Gasteiger partial charge is 0.371 e. The number of hydrogen-bond donors (Lipinski definition) is 4. The van der Waals surface area contributed by atoms with Gasteiger partial charge in [0.15, 0.2) is 21.3 Å². The number of aromatic nitrogens is 2. The maximum atomic E-state index is 13.9. The zero-order valence-corrected chi connectivity index (χ0v) is 35.2. The fourth-order valence-corrected chi connectivity index (χ4v) is 11.0. The number of fused-ring (bicyclic) bond motifs is 3. The Bertz CT molecular complexity index is 2460. The van der Waals surface area contributed by atoms with Gasteiger partial charge in [0, 0.05) is 74.9 Å². The van der Waals surface area contributed by atoms with Crippen LogP contribution in [0.25, 0.3) is 0 Å². The number of piperidine rings is 3. The average Bonchev–Trinajstić information content (AvgIpc) is 3.88. The van der Waals surface area contributed by atoms with Crippen LogP contribution >= 0.6 is 0 Å². The van der Waals surface area contributed by atoms with Crippen LogP contribution in [-0.4, -0.2) is 127 Å². The number of nitrogens with one attached hydrogen (secondary N) is 3. The standard InChI is InChI=1S/C43H50N10O8S/c1-62(60,61)29-8-4-25(5-9-29)46-39-37(38(44)55)45-21-35(48-39)51-16-2-3-26(23-51)47-40(56)32-20-28-7-11-33(32)52(28)22-24-14-17-50(18-15-24)27-6-10-30-31(19-27)43(59)53(42(30)58)34-12-13-36(54)49-41(34)57/h4-6,8-10,19,21,24,26,28,32-34H,2-3,7,11-18,20,22-23H2,1H3,(H2,44,55)(H,46,48)(H,47,56)(H,49,54,57)/t26-,28?,32?,33?,34?/m1/s1. The summed E-state index contributed by atoms with van der Waals surface area (Å²) in [7, 11) is -3.38. The van der Waals surface area contributed by atoms with Gasteiger partial charge in [-0.05, 0) is 99.7 Å². The summed E-state index contributed by atoms with van der Waals surface area (Å²) in [5, 5.41) is 8.66. The highest BCUT2D eigenvalue weighted by molar-refractivity contribution is 7.90. The number of carbonyl (C=O) groups excluding carboxylic acids is 6. The summed E-state index contributed by atoms with van der Waals surface area (Å²) in [5.41, 5.74) is 7.49. The molecule has 5 N–H and O–H groups in total. The fourth-order valence-electron chi connectivity index (χ4n) is 10.3. The monoisotopic (exact) mass is 866 g/mol. The minimum Gasteiger partial charge on any atom is -0.371 e. The summed E-state index contributed by atoms with van der Waals surface area (Å²) in [6.07, 6.45) is 9.28. The van der Waals surface area contributed by atoms with Gasteiger partial charge in [0.25, 0.3) is 17.7 Å². The third kappa shape index (κ3) is 7.98. The van der Waals surface area contributed by atoms with Gasteiger partial charge in [0.05, 0.1) is 28.1 Å². The molecule has 2 bridgehead atoms. The van der Waals surface area contributed by atoms with E-state index in [2.05, 4.69) is 30.7 Å². The average molecular weight is 867 g/mol. The molecule has 5 atom stereocenters. The molecular weight excluding hydrogens is 817 g/mol. The Balaban J connectivity index is 0.782. The van der Waals surface area contributed by atoms with Crippen LogP contribution in [0.1, 0.15) is 89.0 Å². The molecule has 7 heterocycles. The molecule has 3 aromatic rings. The normalized spacial score (nSPS) is 25.6. The Hall–Kier alpha value is -5.95. The van der Waals surface area contributed by atoms with E-state index < -0.39 is 45.4 Å². The van der Waals surface area contributed by atoms with E-state index in [-0.39, 0.29) is 64.3 Å². The number of benzene rings is 2. The van der Waals surface area contributed by atoms with Gasteiger partial charge < -0.3 is 26.2 Å². The van der Waals surface area contributed by atoms with Crippen LogP contribution in [0.2, 0.25) is 0 Å². The lowest BCUT2D eigenvalue weighted by Crippen LogP contribution is -2.54. The molecule has 5 fully saturated rings. The first-order valence-electron chi connectivity index (χ1n) is 21.4. The van der Waals surface area contributed by atoms with Gasteiger partial charge in [-0.25, -0.2) is 18.4 Å². The van der Waals surface area contributed by atoms with E-state index in [0.29, 0.717) is 36.6 Å². The molecule has 9 rings (SSSR count). The van der Waals surface area contributed by atoms with E-state index in [9.17, 15) is 37.2 Å². The van der Waals surface area contributed by atoms with Crippen LogP contribution in [0, 0.1) is 11.8 Å². The van der Waals surface area contributed by atoms with E-state index in [4.69, 9.17) is 10.7 Å². The first-order valence-corrected chi connectivity index (χ1v) is 23.3. The van der Waals surface area contributed by atoms with Crippen molar-refractivity contribution in [2.45, 2.75) is 86.9 Å². The van der Waals surface area contributed by atoms with Crippen molar-refractivity contribution >= 4 is 68.3 Å². The molecule has 6 aliphatic heterocycles. The maximum Gasteiger partial charge on any atom is 0.271 e. The Kier molecular flexibility index (Phi) is 10.9. The van der Waals surface area contributed by atoms with Gasteiger partial charge in [0.1, 0.15) is 11.9 Å². The predicted molar refractivity (Wildman–Crippen MR) is 226 cm³/mol. The van der Waals surface area contributed by atoms with E-state index in [1.165, 1.54) is 18.3 Å². The van der Waals surface area contributed by atoms with Gasteiger partial charge in [-0.15, -0.1) is 0 Å². The van der Waals surface area contributed by atoms with Crippen molar-refractivity contribution in [3.05, 3.63) is 65.5 Å². The molecule has 4 unspecified atom stereocenters. The van der Waals surface area contributed by atoms with E-state index in [0.717, 1.165) is 81.4 Å². The fraction of sp³-hybridized carbons (Fsp3) is 0.488. The van der Waals surface area contributed by atoms with E-state index in [1.807, 2.05) is 11.0 Å². The number of hydrogen-bond acceptors (Lipinski definition) is 14. The lowest BCUT2D eigenvalue weighted by molar-refractivity contribution is -0.136. The molecule has 62 heavy (non-hydrogen) atoms. The van der Waals surface area contributed by atoms with Gasteiger partial charge in [0.2, 0.25) is 17.7 Å². The van der Waals surface area contributed by atoms with Crippen molar-refractivity contribution in [2.24, 2.45) is 17.6 Å². The number of primary amides is 1. The Morgan fingerprint density at radius 1 is 0.903 bits per heavy atom. The third-order valence-corrected chi connectivity index (χ3v) is 14.6. The second-order valence-electron chi connectivity index (χ2n) is 17.4. The lowest BCUT2D eigenvalue weighted by Gasteiger charge is -2.37. The van der Waals surface area contributed by atoms with Crippen LogP contribution in [0.5, 0.6) is 0 Å². The summed E-state index contributed by atoms with van der Waals surface area (Å²) < 4.78 is 23.8. The zero-order chi connectivity index (χ0) is 43.4. The molecule has 2 aromatic carbocycles. The number of nitrogens with two attached hydrogens (primary N) is 1. The number of nitrogens with zero attached hydrogens (tertiary/aromatic N) is 6. The van der Waals surface area contributed by atoms with Crippen molar-refractivity contribution in [3.63, 3.8) is 0 Å². The molecule has 18 nitrogen and oxygen atoms in total. The summed E-state index contributed by atoms with van der Waals surface area (Å²) in [6, 6.07) is 10.8. The quantitative estimate of drug-likeness (QED) is 0.202. The third-order valence-electron chi connectivity index (χ3n) is 13.5. The molecule has 0 aliphatic carbocycles. The molecule has 0 radical (unpaired) electrons. The van der Waals surface area contributed by atoms with E-state index >= 15 is 0 Å². The number of amides is 6. The molecule has 5 saturated heterocycles. The van der Waals surface area contributed by atoms with Crippen LogP contribution in [0.3, 0.4) is 0 Å². The van der Waals surface area contributed by atoms with Gasteiger partial charge in [-0.3, -0.25) is 43.9 Å². The summed E-state index contributed by atoms with van der Waals surface area (Å²) in [4.78, 5) is 94.0. The Morgan fingerprint density at radius 2 is 1.66 bits per heavy atom. The Labute approximate surface area is 358 Å². The molecule has 0 saturated carbocycles. The van der Waals surface area contributed by atoms with E-state index in [1.54, 1.807) is 24.3 Å². The molecule has 6 aliphatic rings. The summed E-state index contributed by atoms with van der Waals surface area (Å²) >= 11 is 0. The van der Waals surface area contributed by atoms with Crippen LogP contribution in [0.4, 0.5) is 23.0 Å². The van der Waals surface area contributed by atoms with Crippen molar-refractivity contribution < 1.29 is 37.2 Å². The highest BCUT2D eigenvalue weighted by Gasteiger charge is 2.50. The van der Waals surface area contributed by atoms with Gasteiger partial charge >= 0.3 is 0 Å². The van der Waals surface area contributed by atoms with Crippen molar-refractivity contribution in [1.29, 1.82) is 0 Å². The smallest absolute Gasteiger partial charge is 0.271 e. The highest BCUT2D eigenvalue weighted by atomic mass is 32.2. The summed E-state index contributed by atoms with van der Waals surface area (Å²) in [5.74, 6) is -1.68. The molecule has 6 amide bonds. The van der Waals surface area contributed by atoms with Crippen LogP contribution in [-0.2, 0) is 24.2 Å². The molecular formula is C43H50N10O8S. The second kappa shape index (κ2) is 16.4. The van der Waals surface area contributed by atoms with Crippen molar-refractivity contribution in [3.8, 4) is 0 Å². The number of rotatable bonds is 11. The van der Waals surface area contributed by atoms with Crippen molar-refractivity contribution in [1.82, 2.24) is 30.4 Å². The zero-order valence-electron chi connectivity index (χ0n) is 34.4. The Morgan fingerprint density at radius 3 is 2.39 bits per heavy atom. The summed E-state index contributed by atoms with van der Waals surface area (Å²) in [6.45, 7) is 3.72. The maximum absolute atomic E-state index is 13.9. The predicted octanol–water partition coefficient (Wildman–Crippen LogP) is 1.98. The first kappa shape index (κ1) is 41.4. The first-order chi connectivity index (χ1) is 29.7. The SMILES string of the molecule is CS(=O)(=O)c1ccc(Nc2nc(N3CCC[C@@H](NC(=O)C4CC5CCC4N5CC4CCN(c5ccc6c(c5)C(=O)N(C5CCC(=O)NC5=O)C6=O)CC4)C3)cnc2C(N)=O)cc1. The topological polar surface area (TPSA) is 237 Å². The number of sulfone groups is 1. The number of carbonyl (C=O) groups is 6. The van der Waals surface area contributed by atoms with Gasteiger partial charge in [-0.2, -0.15) is 0 Å². The van der Waals surface area contributed by atoms with Crippen molar-refractivity contribution in [2.75, 3.05) is 54.1 Å².